The van der Waals surface area contributed by atoms with Crippen LogP contribution in [-0.2, 0) is 9.59 Å². The molecule has 3 fully saturated rings. The van der Waals surface area contributed by atoms with E-state index in [0.29, 0.717) is 49.8 Å². The Labute approximate surface area is 158 Å². The summed E-state index contributed by atoms with van der Waals surface area (Å²) in [7, 11) is 0. The van der Waals surface area contributed by atoms with Gasteiger partial charge in [-0.1, -0.05) is 12.1 Å². The molecular formula is C21H24N2O4. The highest BCUT2D eigenvalue weighted by molar-refractivity contribution is 6.00. The molecule has 1 aromatic carbocycles. The first-order valence-corrected chi connectivity index (χ1v) is 9.86. The number of hydrogen-bond acceptors (Lipinski definition) is 4. The number of amides is 2. The summed E-state index contributed by atoms with van der Waals surface area (Å²) in [5.41, 5.74) is 0.160. The Morgan fingerprint density at radius 1 is 1.11 bits per heavy atom. The minimum Gasteiger partial charge on any atom is -0.486 e. The number of hydrogen-bond donors (Lipinski definition) is 0. The molecule has 0 N–H and O–H groups in total. The van der Waals surface area contributed by atoms with Gasteiger partial charge in [-0.2, -0.15) is 0 Å². The smallest absolute Gasteiger partial charge is 0.226 e. The number of ether oxygens (including phenoxy) is 1. The number of fused-ring (bicyclic) bond motifs is 3. The van der Waals surface area contributed by atoms with Crippen molar-refractivity contribution in [1.29, 1.82) is 0 Å². The van der Waals surface area contributed by atoms with Crippen molar-refractivity contribution in [3.63, 3.8) is 0 Å². The summed E-state index contributed by atoms with van der Waals surface area (Å²) in [6.45, 7) is 3.99. The Hall–Kier alpha value is -2.37. The van der Waals surface area contributed by atoms with E-state index in [-0.39, 0.29) is 29.4 Å². The highest BCUT2D eigenvalue weighted by Gasteiger charge is 2.71. The van der Waals surface area contributed by atoms with E-state index in [9.17, 15) is 14.4 Å². The number of carbonyl (C=O) groups is 3. The molecule has 142 valence electrons. The number of carbonyl (C=O) groups excluding carboxylic acids is 3. The van der Waals surface area contributed by atoms with E-state index in [1.807, 2.05) is 29.2 Å². The van der Waals surface area contributed by atoms with E-state index < -0.39 is 5.60 Å². The van der Waals surface area contributed by atoms with Crippen molar-refractivity contribution in [3.8, 4) is 5.75 Å². The van der Waals surface area contributed by atoms with Crippen LogP contribution in [-0.4, -0.2) is 59.2 Å². The Balaban J connectivity index is 1.31. The molecule has 1 aromatic rings. The Bertz CT molecular complexity index is 829. The first-order valence-electron chi connectivity index (χ1n) is 9.86. The third-order valence-corrected chi connectivity index (χ3v) is 6.96. The van der Waals surface area contributed by atoms with Gasteiger partial charge in [0.2, 0.25) is 11.8 Å². The lowest BCUT2D eigenvalue weighted by molar-refractivity contribution is -0.140. The lowest BCUT2D eigenvalue weighted by atomic mass is 9.84. The van der Waals surface area contributed by atoms with Gasteiger partial charge in [0.15, 0.2) is 5.78 Å². The zero-order chi connectivity index (χ0) is 18.8. The van der Waals surface area contributed by atoms with Gasteiger partial charge in [-0.15, -0.1) is 0 Å². The molecule has 2 aliphatic heterocycles. The van der Waals surface area contributed by atoms with Crippen LogP contribution in [0.2, 0.25) is 0 Å². The normalized spacial score (nSPS) is 34.1. The minimum absolute atomic E-state index is 0.0271. The van der Waals surface area contributed by atoms with Crippen molar-refractivity contribution >= 4 is 17.6 Å². The van der Waals surface area contributed by atoms with Crippen molar-refractivity contribution < 1.29 is 19.1 Å². The van der Waals surface area contributed by atoms with Crippen LogP contribution in [0.3, 0.4) is 0 Å². The number of para-hydroxylation sites is 1. The molecule has 5 rings (SSSR count). The summed E-state index contributed by atoms with van der Waals surface area (Å²) in [5, 5.41) is 0. The number of nitrogens with zero attached hydrogens (tertiary/aromatic N) is 2. The minimum atomic E-state index is -0.502. The topological polar surface area (TPSA) is 66.9 Å². The van der Waals surface area contributed by atoms with E-state index in [0.717, 1.165) is 12.8 Å². The molecule has 2 saturated carbocycles. The summed E-state index contributed by atoms with van der Waals surface area (Å²) < 4.78 is 6.38. The molecule has 6 heteroatoms. The average molecular weight is 368 g/mol. The Kier molecular flexibility index (Phi) is 3.61. The van der Waals surface area contributed by atoms with Crippen LogP contribution in [0.1, 0.15) is 36.5 Å². The Morgan fingerprint density at radius 2 is 1.81 bits per heavy atom. The van der Waals surface area contributed by atoms with Crippen molar-refractivity contribution in [1.82, 2.24) is 9.80 Å². The second-order valence-electron chi connectivity index (χ2n) is 8.35. The molecule has 4 aliphatic rings. The molecule has 0 bridgehead atoms. The van der Waals surface area contributed by atoms with Crippen molar-refractivity contribution in [3.05, 3.63) is 29.8 Å². The van der Waals surface area contributed by atoms with Gasteiger partial charge in [0.05, 0.1) is 12.0 Å². The monoisotopic (exact) mass is 368 g/mol. The van der Waals surface area contributed by atoms with Crippen LogP contribution < -0.4 is 4.74 Å². The largest absolute Gasteiger partial charge is 0.486 e. The molecule has 0 aromatic heterocycles. The van der Waals surface area contributed by atoms with E-state index in [1.165, 1.54) is 0 Å². The molecule has 2 aliphatic carbocycles. The Morgan fingerprint density at radius 3 is 2.56 bits per heavy atom. The molecule has 27 heavy (non-hydrogen) atoms. The molecule has 2 heterocycles. The predicted molar refractivity (Wildman–Crippen MR) is 97.3 cm³/mol. The third kappa shape index (κ3) is 2.49. The van der Waals surface area contributed by atoms with Gasteiger partial charge in [-0.25, -0.2) is 0 Å². The van der Waals surface area contributed by atoms with Crippen LogP contribution in [0.25, 0.3) is 0 Å². The molecule has 1 spiro atoms. The zero-order valence-electron chi connectivity index (χ0n) is 15.5. The standard InChI is InChI=1S/C21H24N2O4/c1-13(24)22-8-10-23(11-9-22)20(26)18-15-6-7-21(19(15)18)12-16(25)14-4-2-3-5-17(14)27-21/h2-5,15,18-19H,6-12H2,1H3/t15-,18+,19+,21-/m0/s1. The van der Waals surface area contributed by atoms with E-state index in [1.54, 1.807) is 11.8 Å². The van der Waals surface area contributed by atoms with Crippen molar-refractivity contribution in [2.75, 3.05) is 26.2 Å². The number of rotatable bonds is 1. The number of Topliss-reactive ketones (excluding diaryl/α,β-unsaturated/α-hetero) is 1. The van der Waals surface area contributed by atoms with Gasteiger partial charge in [0.1, 0.15) is 11.4 Å². The molecule has 0 unspecified atom stereocenters. The predicted octanol–water partition coefficient (Wildman–Crippen LogP) is 1.74. The van der Waals surface area contributed by atoms with E-state index >= 15 is 0 Å². The summed E-state index contributed by atoms with van der Waals surface area (Å²) in [5.74, 6) is 1.50. The second-order valence-corrected chi connectivity index (χ2v) is 8.35. The van der Waals surface area contributed by atoms with Gasteiger partial charge in [-0.3, -0.25) is 14.4 Å². The van der Waals surface area contributed by atoms with E-state index in [4.69, 9.17) is 4.74 Å². The highest BCUT2D eigenvalue weighted by atomic mass is 16.5. The first kappa shape index (κ1) is 16.8. The van der Waals surface area contributed by atoms with Crippen molar-refractivity contribution in [2.45, 2.75) is 31.8 Å². The van der Waals surface area contributed by atoms with Crippen LogP contribution in [0.4, 0.5) is 0 Å². The third-order valence-electron chi connectivity index (χ3n) is 6.96. The lowest BCUT2D eigenvalue weighted by Crippen LogP contribution is -2.51. The van der Waals surface area contributed by atoms with Gasteiger partial charge in [-0.05, 0) is 30.9 Å². The van der Waals surface area contributed by atoms with Gasteiger partial charge in [0.25, 0.3) is 0 Å². The summed E-state index contributed by atoms with van der Waals surface area (Å²) in [4.78, 5) is 40.9. The van der Waals surface area contributed by atoms with Crippen LogP contribution >= 0.6 is 0 Å². The van der Waals surface area contributed by atoms with Crippen LogP contribution in [0.5, 0.6) is 5.75 Å². The molecule has 0 radical (unpaired) electrons. The lowest BCUT2D eigenvalue weighted by Gasteiger charge is -2.38. The maximum absolute atomic E-state index is 13.1. The van der Waals surface area contributed by atoms with Gasteiger partial charge < -0.3 is 14.5 Å². The van der Waals surface area contributed by atoms with Gasteiger partial charge in [0, 0.05) is 44.9 Å². The molecular weight excluding hydrogens is 344 g/mol. The van der Waals surface area contributed by atoms with E-state index in [2.05, 4.69) is 0 Å². The molecule has 2 amide bonds. The summed E-state index contributed by atoms with van der Waals surface area (Å²) in [6.07, 6.45) is 2.18. The fraction of sp³-hybridized carbons (Fsp3) is 0.571. The highest BCUT2D eigenvalue weighted by Crippen LogP contribution is 2.66. The van der Waals surface area contributed by atoms with Gasteiger partial charge >= 0.3 is 0 Å². The molecule has 6 nitrogen and oxygen atoms in total. The quantitative estimate of drug-likeness (QED) is 0.757. The summed E-state index contributed by atoms with van der Waals surface area (Å²) in [6, 6.07) is 7.43. The summed E-state index contributed by atoms with van der Waals surface area (Å²) >= 11 is 0. The molecule has 4 atom stereocenters. The number of benzene rings is 1. The van der Waals surface area contributed by atoms with Crippen LogP contribution in [0.15, 0.2) is 24.3 Å². The maximum atomic E-state index is 13.1. The second kappa shape index (κ2) is 5.81. The average Bonchev–Trinajstić information content (AvgIpc) is 3.32. The SMILES string of the molecule is CC(=O)N1CCN(C(=O)[C@@H]2[C@@H]3CC[C@]4(CC(=O)c5ccccc5O4)[C@H]32)CC1. The molecule has 1 saturated heterocycles. The maximum Gasteiger partial charge on any atom is 0.226 e. The fourth-order valence-corrected chi connectivity index (χ4v) is 5.55. The van der Waals surface area contributed by atoms with Crippen LogP contribution in [0, 0.1) is 17.8 Å². The van der Waals surface area contributed by atoms with Crippen molar-refractivity contribution in [2.24, 2.45) is 17.8 Å². The zero-order valence-corrected chi connectivity index (χ0v) is 15.5. The fourth-order valence-electron chi connectivity index (χ4n) is 5.55. The number of ketones is 1. The first-order chi connectivity index (χ1) is 13.0. The number of piperazine rings is 1.